The predicted octanol–water partition coefficient (Wildman–Crippen LogP) is 2.85. The molecule has 0 aliphatic rings. The van der Waals surface area contributed by atoms with Crippen molar-refractivity contribution in [1.29, 1.82) is 0 Å². The number of fused-ring (bicyclic) bond motifs is 1. The second-order valence-electron chi connectivity index (χ2n) is 5.17. The molecule has 2 aromatic carbocycles. The smallest absolute Gasteiger partial charge is 0.336 e. The van der Waals surface area contributed by atoms with Gasteiger partial charge in [-0.2, -0.15) is 0 Å². The van der Waals surface area contributed by atoms with Crippen LogP contribution in [0.1, 0.15) is 5.56 Å². The summed E-state index contributed by atoms with van der Waals surface area (Å²) in [4.78, 5) is 23.1. The maximum atomic E-state index is 12.0. The Labute approximate surface area is 143 Å². The number of nitrogens with one attached hydrogen (secondary N) is 2. The fraction of sp³-hybridized carbons (Fsp3) is 0.0556. The molecule has 0 aliphatic heterocycles. The molecule has 1 heterocycles. The van der Waals surface area contributed by atoms with Crippen molar-refractivity contribution in [2.75, 3.05) is 5.32 Å². The Hall–Kier alpha value is -2.99. The lowest BCUT2D eigenvalue weighted by Gasteiger charge is -2.10. The predicted molar refractivity (Wildman–Crippen MR) is 97.0 cm³/mol. The Morgan fingerprint density at radius 2 is 1.83 bits per heavy atom. The summed E-state index contributed by atoms with van der Waals surface area (Å²) < 4.78 is 5.07. The lowest BCUT2D eigenvalue weighted by molar-refractivity contribution is -0.119. The molecule has 2 N–H and O–H groups in total. The van der Waals surface area contributed by atoms with E-state index in [0.29, 0.717) is 11.3 Å². The fourth-order valence-corrected chi connectivity index (χ4v) is 2.50. The van der Waals surface area contributed by atoms with Crippen molar-refractivity contribution in [2.45, 2.75) is 6.42 Å². The number of carbonyl (C=O) groups is 1. The van der Waals surface area contributed by atoms with Gasteiger partial charge in [0.15, 0.2) is 5.11 Å². The van der Waals surface area contributed by atoms with Crippen LogP contribution < -0.4 is 16.3 Å². The van der Waals surface area contributed by atoms with Crippen LogP contribution in [0.5, 0.6) is 0 Å². The van der Waals surface area contributed by atoms with Crippen molar-refractivity contribution in [3.63, 3.8) is 0 Å². The molecule has 0 unspecified atom stereocenters. The van der Waals surface area contributed by atoms with Crippen molar-refractivity contribution in [3.8, 4) is 0 Å². The van der Waals surface area contributed by atoms with E-state index in [-0.39, 0.29) is 17.4 Å². The molecule has 0 bridgehead atoms. The number of carbonyl (C=O) groups excluding carboxylic acids is 1. The molecule has 5 nitrogen and oxygen atoms in total. The van der Waals surface area contributed by atoms with Crippen LogP contribution in [0.2, 0.25) is 0 Å². The molecule has 0 fully saturated rings. The molecule has 24 heavy (non-hydrogen) atoms. The molecule has 3 aromatic rings. The molecule has 0 saturated carbocycles. The van der Waals surface area contributed by atoms with Gasteiger partial charge in [0, 0.05) is 17.1 Å². The third-order valence-corrected chi connectivity index (χ3v) is 3.54. The number of anilines is 1. The Kier molecular flexibility index (Phi) is 4.67. The van der Waals surface area contributed by atoms with Gasteiger partial charge in [0.1, 0.15) is 5.58 Å². The Morgan fingerprint density at radius 1 is 1.04 bits per heavy atom. The fourth-order valence-electron chi connectivity index (χ4n) is 2.26. The zero-order valence-corrected chi connectivity index (χ0v) is 13.4. The molecule has 0 radical (unpaired) electrons. The van der Waals surface area contributed by atoms with Crippen molar-refractivity contribution in [2.24, 2.45) is 0 Å². The summed E-state index contributed by atoms with van der Waals surface area (Å²) in [6.45, 7) is 0. The minimum absolute atomic E-state index is 0.189. The highest BCUT2D eigenvalue weighted by atomic mass is 32.1. The van der Waals surface area contributed by atoms with Crippen LogP contribution in [0.15, 0.2) is 69.9 Å². The van der Waals surface area contributed by atoms with E-state index in [0.717, 1.165) is 10.9 Å². The minimum Gasteiger partial charge on any atom is -0.423 e. The van der Waals surface area contributed by atoms with Gasteiger partial charge in [-0.3, -0.25) is 4.79 Å². The normalized spacial score (nSPS) is 10.3. The average Bonchev–Trinajstić information content (AvgIpc) is 2.55. The third-order valence-electron chi connectivity index (χ3n) is 3.34. The van der Waals surface area contributed by atoms with E-state index in [1.807, 2.05) is 30.3 Å². The number of thiocarbonyl (C=S) groups is 1. The largest absolute Gasteiger partial charge is 0.423 e. The molecule has 3 rings (SSSR count). The van der Waals surface area contributed by atoms with E-state index >= 15 is 0 Å². The molecule has 0 saturated heterocycles. The minimum atomic E-state index is -0.396. The zero-order valence-electron chi connectivity index (χ0n) is 12.6. The van der Waals surface area contributed by atoms with Gasteiger partial charge in [0.25, 0.3) is 0 Å². The number of benzene rings is 2. The average molecular weight is 338 g/mol. The molecular weight excluding hydrogens is 324 g/mol. The Balaban J connectivity index is 1.63. The first-order valence-electron chi connectivity index (χ1n) is 7.29. The summed E-state index contributed by atoms with van der Waals surface area (Å²) in [7, 11) is 0. The van der Waals surface area contributed by atoms with Gasteiger partial charge in [-0.15, -0.1) is 0 Å². The first kappa shape index (κ1) is 15.9. The van der Waals surface area contributed by atoms with Gasteiger partial charge in [0.05, 0.1) is 6.42 Å². The topological polar surface area (TPSA) is 71.3 Å². The maximum Gasteiger partial charge on any atom is 0.336 e. The Bertz CT molecular complexity index is 951. The van der Waals surface area contributed by atoms with E-state index in [1.165, 1.54) is 6.07 Å². The van der Waals surface area contributed by atoms with Crippen LogP contribution in [0.4, 0.5) is 5.69 Å². The number of hydrogen-bond donors (Lipinski definition) is 2. The first-order chi connectivity index (χ1) is 11.6. The summed E-state index contributed by atoms with van der Waals surface area (Å²) >= 11 is 5.16. The van der Waals surface area contributed by atoms with Crippen molar-refractivity contribution in [1.82, 2.24) is 5.32 Å². The van der Waals surface area contributed by atoms with Crippen molar-refractivity contribution in [3.05, 3.63) is 76.6 Å². The number of rotatable bonds is 3. The number of amides is 1. The van der Waals surface area contributed by atoms with Gasteiger partial charge in [-0.05, 0) is 42.0 Å². The zero-order chi connectivity index (χ0) is 16.9. The van der Waals surface area contributed by atoms with Crippen LogP contribution in [0.3, 0.4) is 0 Å². The van der Waals surface area contributed by atoms with E-state index in [4.69, 9.17) is 16.6 Å². The second-order valence-corrected chi connectivity index (χ2v) is 5.58. The van der Waals surface area contributed by atoms with Crippen LogP contribution in [-0.2, 0) is 11.2 Å². The Morgan fingerprint density at radius 3 is 2.62 bits per heavy atom. The second kappa shape index (κ2) is 7.06. The molecule has 0 atom stereocenters. The van der Waals surface area contributed by atoms with Crippen LogP contribution in [0, 0.1) is 0 Å². The van der Waals surface area contributed by atoms with E-state index in [1.54, 1.807) is 24.3 Å². The van der Waals surface area contributed by atoms with E-state index < -0.39 is 5.63 Å². The molecular formula is C18H14N2O3S. The highest BCUT2D eigenvalue weighted by Crippen LogP contribution is 2.17. The molecule has 0 aliphatic carbocycles. The van der Waals surface area contributed by atoms with E-state index in [2.05, 4.69) is 10.6 Å². The van der Waals surface area contributed by atoms with Gasteiger partial charge in [0.2, 0.25) is 5.91 Å². The molecule has 1 aromatic heterocycles. The van der Waals surface area contributed by atoms with Gasteiger partial charge in [-0.25, -0.2) is 4.79 Å². The lowest BCUT2D eigenvalue weighted by atomic mass is 10.1. The number of hydrogen-bond acceptors (Lipinski definition) is 4. The monoisotopic (exact) mass is 338 g/mol. The summed E-state index contributed by atoms with van der Waals surface area (Å²) in [6.07, 6.45) is 0.255. The van der Waals surface area contributed by atoms with Gasteiger partial charge < -0.3 is 15.1 Å². The third kappa shape index (κ3) is 4.05. The molecule has 6 heteroatoms. The quantitative estimate of drug-likeness (QED) is 0.568. The maximum absolute atomic E-state index is 12.0. The summed E-state index contributed by atoms with van der Waals surface area (Å²) in [6, 6.07) is 17.6. The van der Waals surface area contributed by atoms with Crippen LogP contribution in [0.25, 0.3) is 11.0 Å². The van der Waals surface area contributed by atoms with Crippen LogP contribution >= 0.6 is 12.2 Å². The standard InChI is InChI=1S/C18H14N2O3S/c21-16(10-12-4-2-1-3-5-12)20-18(24)19-14-7-8-15-13(11-14)6-9-17(22)23-15/h1-9,11H,10H2,(H2,19,20,21,24). The highest BCUT2D eigenvalue weighted by molar-refractivity contribution is 7.80. The first-order valence-corrected chi connectivity index (χ1v) is 7.70. The SMILES string of the molecule is O=C(Cc1ccccc1)NC(=S)Nc1ccc2oc(=O)ccc2c1. The van der Waals surface area contributed by atoms with Crippen molar-refractivity contribution < 1.29 is 9.21 Å². The summed E-state index contributed by atoms with van der Waals surface area (Å²) in [5.74, 6) is -0.189. The lowest BCUT2D eigenvalue weighted by Crippen LogP contribution is -2.35. The van der Waals surface area contributed by atoms with Crippen molar-refractivity contribution >= 4 is 39.9 Å². The molecule has 120 valence electrons. The van der Waals surface area contributed by atoms with Gasteiger partial charge >= 0.3 is 5.63 Å². The van der Waals surface area contributed by atoms with Gasteiger partial charge in [-0.1, -0.05) is 30.3 Å². The molecule has 0 spiro atoms. The highest BCUT2D eigenvalue weighted by Gasteiger charge is 2.07. The van der Waals surface area contributed by atoms with Crippen LogP contribution in [-0.4, -0.2) is 11.0 Å². The molecule has 1 amide bonds. The summed E-state index contributed by atoms with van der Waals surface area (Å²) in [5.41, 5.74) is 1.71. The summed E-state index contributed by atoms with van der Waals surface area (Å²) in [5, 5.41) is 6.56. The van der Waals surface area contributed by atoms with E-state index in [9.17, 15) is 9.59 Å².